The monoisotopic (exact) mass is 635 g/mol. The van der Waals surface area contributed by atoms with Gasteiger partial charge in [0.2, 0.25) is 11.8 Å². The molecule has 0 aliphatic carbocycles. The minimum atomic E-state index is -1.32. The number of fused-ring (bicyclic) bond motifs is 1. The van der Waals surface area contributed by atoms with Crippen LogP contribution in [0, 0.1) is 5.82 Å². The molecular weight excluding hydrogens is 605 g/mol. The number of hydrogen-bond acceptors (Lipinski definition) is 10. The Bertz CT molecular complexity index is 1710. The van der Waals surface area contributed by atoms with Gasteiger partial charge in [0.05, 0.1) is 37.6 Å². The van der Waals surface area contributed by atoms with Crippen LogP contribution in [-0.4, -0.2) is 53.5 Å². The lowest BCUT2D eigenvalue weighted by molar-refractivity contribution is -0.117. The minimum Gasteiger partial charge on any atom is -0.464 e. The smallest absolute Gasteiger partial charge is 0.356 e. The maximum Gasteiger partial charge on any atom is 0.356 e. The molecule has 0 saturated carbocycles. The number of oxazole rings is 1. The van der Waals surface area contributed by atoms with Crippen LogP contribution in [0.3, 0.4) is 0 Å². The second kappa shape index (κ2) is 12.7. The zero-order valence-electron chi connectivity index (χ0n) is 24.6. The summed E-state index contributed by atoms with van der Waals surface area (Å²) >= 11 is 5.95. The van der Waals surface area contributed by atoms with Gasteiger partial charge in [-0.3, -0.25) is 9.69 Å². The molecule has 1 amide bonds. The van der Waals surface area contributed by atoms with Crippen LogP contribution < -0.4 is 20.1 Å². The van der Waals surface area contributed by atoms with Gasteiger partial charge in [0.1, 0.15) is 12.1 Å². The van der Waals surface area contributed by atoms with Crippen molar-refractivity contribution in [1.82, 2.24) is 14.9 Å². The average Bonchev–Trinajstić information content (AvgIpc) is 3.68. The van der Waals surface area contributed by atoms with E-state index < -0.39 is 17.6 Å². The van der Waals surface area contributed by atoms with Crippen molar-refractivity contribution in [2.24, 2.45) is 0 Å². The van der Waals surface area contributed by atoms with E-state index in [1.165, 1.54) is 31.7 Å². The van der Waals surface area contributed by atoms with Gasteiger partial charge in [0, 0.05) is 17.5 Å². The quantitative estimate of drug-likeness (QED) is 0.220. The first-order valence-corrected chi connectivity index (χ1v) is 14.8. The number of esters is 1. The molecule has 6 rings (SSSR count). The van der Waals surface area contributed by atoms with Crippen LogP contribution in [0.5, 0.6) is 11.5 Å². The van der Waals surface area contributed by atoms with Gasteiger partial charge < -0.3 is 29.3 Å². The number of para-hydroxylation sites is 1. The molecule has 0 bridgehead atoms. The SMILES string of the molecule is COC(=O)c1ccc(NC(=O)CN2CCC(c3cccc4c3OC(C)(c3ccc(Cl)cc3F)O4)CC2)c(NCc2ncco2)n1. The van der Waals surface area contributed by atoms with Gasteiger partial charge in [-0.05, 0) is 68.2 Å². The number of anilines is 2. The highest BCUT2D eigenvalue weighted by molar-refractivity contribution is 6.30. The number of ether oxygens (including phenoxy) is 3. The summed E-state index contributed by atoms with van der Waals surface area (Å²) in [7, 11) is 1.27. The number of rotatable bonds is 9. The number of nitrogens with one attached hydrogen (secondary N) is 2. The summed E-state index contributed by atoms with van der Waals surface area (Å²) < 4.78 is 37.2. The van der Waals surface area contributed by atoms with Crippen molar-refractivity contribution in [2.45, 2.75) is 38.0 Å². The van der Waals surface area contributed by atoms with Gasteiger partial charge in [-0.25, -0.2) is 19.2 Å². The molecule has 0 radical (unpaired) electrons. The van der Waals surface area contributed by atoms with Crippen LogP contribution in [0.2, 0.25) is 5.02 Å². The third-order valence-corrected chi connectivity index (χ3v) is 8.12. The van der Waals surface area contributed by atoms with Crippen molar-refractivity contribution in [2.75, 3.05) is 37.4 Å². The Morgan fingerprint density at radius 2 is 1.98 bits per heavy atom. The van der Waals surface area contributed by atoms with Crippen LogP contribution in [-0.2, 0) is 21.9 Å². The Morgan fingerprint density at radius 3 is 2.71 bits per heavy atom. The average molecular weight is 636 g/mol. The molecule has 13 heteroatoms. The Morgan fingerprint density at radius 1 is 1.16 bits per heavy atom. The van der Waals surface area contributed by atoms with Gasteiger partial charge in [-0.2, -0.15) is 0 Å². The first-order valence-electron chi connectivity index (χ1n) is 14.4. The number of halogens is 2. The number of piperidine rings is 1. The van der Waals surface area contributed by atoms with Crippen molar-refractivity contribution >= 4 is 35.0 Å². The third-order valence-electron chi connectivity index (χ3n) is 7.88. The van der Waals surface area contributed by atoms with E-state index in [0.717, 1.165) is 18.4 Å². The summed E-state index contributed by atoms with van der Waals surface area (Å²) in [6.45, 7) is 3.43. The van der Waals surface area contributed by atoms with Crippen LogP contribution >= 0.6 is 11.6 Å². The molecule has 2 aromatic carbocycles. The predicted octanol–water partition coefficient (Wildman–Crippen LogP) is 5.72. The van der Waals surface area contributed by atoms with Crippen LogP contribution in [0.4, 0.5) is 15.9 Å². The van der Waals surface area contributed by atoms with Gasteiger partial charge in [-0.15, -0.1) is 0 Å². The fraction of sp³-hybridized carbons (Fsp3) is 0.312. The first kappa shape index (κ1) is 30.4. The Hall–Kier alpha value is -4.68. The van der Waals surface area contributed by atoms with Crippen LogP contribution in [0.1, 0.15) is 53.2 Å². The molecule has 1 unspecified atom stereocenters. The Balaban J connectivity index is 1.08. The number of methoxy groups -OCH3 is 1. The topological polar surface area (TPSA) is 128 Å². The van der Waals surface area contributed by atoms with E-state index >= 15 is 0 Å². The zero-order chi connectivity index (χ0) is 31.6. The minimum absolute atomic E-state index is 0.0906. The van der Waals surface area contributed by atoms with Crippen molar-refractivity contribution in [3.8, 4) is 11.5 Å². The van der Waals surface area contributed by atoms with Crippen molar-refractivity contribution < 1.29 is 32.6 Å². The Kier molecular flexibility index (Phi) is 8.59. The molecule has 0 spiro atoms. The van der Waals surface area contributed by atoms with Crippen molar-refractivity contribution in [3.63, 3.8) is 0 Å². The van der Waals surface area contributed by atoms with Gasteiger partial charge >= 0.3 is 5.97 Å². The van der Waals surface area contributed by atoms with E-state index in [1.54, 1.807) is 25.1 Å². The zero-order valence-corrected chi connectivity index (χ0v) is 25.4. The lowest BCUT2D eigenvalue weighted by Gasteiger charge is -2.32. The van der Waals surface area contributed by atoms with E-state index in [4.69, 9.17) is 30.2 Å². The van der Waals surface area contributed by atoms with Crippen molar-refractivity contribution in [3.05, 3.63) is 94.5 Å². The van der Waals surface area contributed by atoms with E-state index in [0.29, 0.717) is 41.2 Å². The maximum absolute atomic E-state index is 14.8. The normalized spacial score (nSPS) is 18.0. The number of likely N-dealkylation sites (tertiary alicyclic amines) is 1. The maximum atomic E-state index is 14.8. The predicted molar refractivity (Wildman–Crippen MR) is 163 cm³/mol. The fourth-order valence-corrected chi connectivity index (χ4v) is 5.80. The molecule has 1 atom stereocenters. The number of carbonyl (C=O) groups is 2. The number of carbonyl (C=O) groups excluding carboxylic acids is 2. The summed E-state index contributed by atoms with van der Waals surface area (Å²) in [4.78, 5) is 35.6. The number of benzene rings is 2. The molecule has 2 aliphatic heterocycles. The molecule has 234 valence electrons. The number of hydrogen-bond donors (Lipinski definition) is 2. The summed E-state index contributed by atoms with van der Waals surface area (Å²) in [5.41, 5.74) is 1.76. The number of pyridine rings is 1. The largest absolute Gasteiger partial charge is 0.464 e. The number of nitrogens with zero attached hydrogens (tertiary/aromatic N) is 3. The second-order valence-corrected chi connectivity index (χ2v) is 11.3. The molecule has 1 fully saturated rings. The summed E-state index contributed by atoms with van der Waals surface area (Å²) in [6.07, 6.45) is 4.55. The van der Waals surface area contributed by atoms with E-state index in [1.807, 2.05) is 18.2 Å². The van der Waals surface area contributed by atoms with Crippen LogP contribution in [0.15, 0.2) is 65.4 Å². The molecule has 1 saturated heterocycles. The first-order chi connectivity index (χ1) is 21.7. The molecule has 2 aromatic heterocycles. The highest BCUT2D eigenvalue weighted by Gasteiger charge is 2.43. The van der Waals surface area contributed by atoms with Gasteiger partial charge in [-0.1, -0.05) is 23.7 Å². The molecule has 2 aliphatic rings. The van der Waals surface area contributed by atoms with E-state index in [9.17, 15) is 14.0 Å². The molecular formula is C32H31ClFN5O6. The summed E-state index contributed by atoms with van der Waals surface area (Å²) in [6, 6.07) is 13.3. The lowest BCUT2D eigenvalue weighted by atomic mass is 9.88. The molecule has 11 nitrogen and oxygen atoms in total. The van der Waals surface area contributed by atoms with E-state index in [-0.39, 0.29) is 42.0 Å². The molecule has 4 aromatic rings. The standard InChI is InChI=1S/C32H31ClFN5O6/c1-32(22-7-6-20(33)16-23(22)34)44-26-5-3-4-21(29(26)45-32)19-10-13-39(14-11-19)18-27(40)37-24-8-9-25(31(41)42-2)38-30(24)36-17-28-35-12-15-43-28/h3-9,12,15-16,19H,10-11,13-14,17-18H2,1-2H3,(H,36,38)(H,37,40). The van der Waals surface area contributed by atoms with Gasteiger partial charge in [0.25, 0.3) is 5.79 Å². The lowest BCUT2D eigenvalue weighted by Crippen LogP contribution is -2.39. The summed E-state index contributed by atoms with van der Waals surface area (Å²) in [5.74, 6) is -0.603. The van der Waals surface area contributed by atoms with Crippen LogP contribution in [0.25, 0.3) is 0 Å². The Labute approximate surface area is 263 Å². The molecule has 2 N–H and O–H groups in total. The highest BCUT2D eigenvalue weighted by atomic mass is 35.5. The third kappa shape index (κ3) is 6.57. The molecule has 45 heavy (non-hydrogen) atoms. The molecule has 4 heterocycles. The van der Waals surface area contributed by atoms with Gasteiger partial charge in [0.15, 0.2) is 23.0 Å². The number of amides is 1. The van der Waals surface area contributed by atoms with E-state index in [2.05, 4.69) is 25.5 Å². The second-order valence-electron chi connectivity index (χ2n) is 10.9. The number of aromatic nitrogens is 2. The highest BCUT2D eigenvalue weighted by Crippen LogP contribution is 2.49. The van der Waals surface area contributed by atoms with Crippen molar-refractivity contribution in [1.29, 1.82) is 0 Å². The fourth-order valence-electron chi connectivity index (χ4n) is 5.64. The summed E-state index contributed by atoms with van der Waals surface area (Å²) in [5, 5.41) is 6.25.